The van der Waals surface area contributed by atoms with Gasteiger partial charge in [0.25, 0.3) is 5.91 Å². The maximum atomic E-state index is 11.7. The molecule has 1 aromatic carbocycles. The van der Waals surface area contributed by atoms with Crippen molar-refractivity contribution in [3.8, 4) is 5.75 Å². The highest BCUT2D eigenvalue weighted by atomic mass is 32.2. The summed E-state index contributed by atoms with van der Waals surface area (Å²) in [4.78, 5) is 31.1. The van der Waals surface area contributed by atoms with Crippen molar-refractivity contribution in [1.29, 1.82) is 0 Å². The Bertz CT molecular complexity index is 764. The maximum absolute atomic E-state index is 11.7. The van der Waals surface area contributed by atoms with Gasteiger partial charge < -0.3 is 15.4 Å². The Labute approximate surface area is 143 Å². The molecule has 2 rings (SSSR count). The Kier molecular flexibility index (Phi) is 6.32. The van der Waals surface area contributed by atoms with Crippen molar-refractivity contribution in [1.82, 2.24) is 15.3 Å². The molecule has 0 atom stereocenters. The molecule has 8 heteroatoms. The highest BCUT2D eigenvalue weighted by molar-refractivity contribution is 8.16. The Hall–Kier alpha value is -2.87. The zero-order valence-corrected chi connectivity index (χ0v) is 14.0. The standard InChI is InChI=1S/C16H16N4O3S/c1-17-15(22)14(24-10-21)9-12-6-7-18-16(20-12)19-11-4-3-5-13(8-11)23-2/h3-10H,1-2H3,(H,17,22)(H,18,19,20)/b14-9-. The summed E-state index contributed by atoms with van der Waals surface area (Å²) in [5.74, 6) is 0.720. The fraction of sp³-hybridized carbons (Fsp3) is 0.125. The second-order valence-electron chi connectivity index (χ2n) is 4.46. The normalized spacial score (nSPS) is 10.8. The summed E-state index contributed by atoms with van der Waals surface area (Å²) < 4.78 is 5.16. The molecule has 24 heavy (non-hydrogen) atoms. The van der Waals surface area contributed by atoms with Gasteiger partial charge >= 0.3 is 0 Å². The van der Waals surface area contributed by atoms with Crippen LogP contribution >= 0.6 is 11.8 Å². The third kappa shape index (κ3) is 4.82. The van der Waals surface area contributed by atoms with E-state index in [9.17, 15) is 9.59 Å². The molecule has 1 heterocycles. The third-order valence-electron chi connectivity index (χ3n) is 2.91. The predicted molar refractivity (Wildman–Crippen MR) is 94.7 cm³/mol. The van der Waals surface area contributed by atoms with Gasteiger partial charge in [0, 0.05) is 25.0 Å². The number of amides is 1. The summed E-state index contributed by atoms with van der Waals surface area (Å²) >= 11 is 0.790. The Balaban J connectivity index is 2.24. The number of ether oxygens (including phenoxy) is 1. The summed E-state index contributed by atoms with van der Waals surface area (Å²) in [6, 6.07) is 8.98. The van der Waals surface area contributed by atoms with Gasteiger partial charge in [-0.25, -0.2) is 9.97 Å². The number of carbonyl (C=O) groups is 2. The van der Waals surface area contributed by atoms with Gasteiger partial charge in [0.05, 0.1) is 17.7 Å². The lowest BCUT2D eigenvalue weighted by atomic mass is 10.3. The van der Waals surface area contributed by atoms with E-state index in [4.69, 9.17) is 4.74 Å². The number of likely N-dealkylation sites (N-methyl/N-ethyl adjacent to an activating group) is 1. The van der Waals surface area contributed by atoms with Crippen molar-refractivity contribution in [2.24, 2.45) is 0 Å². The van der Waals surface area contributed by atoms with Crippen LogP contribution in [-0.2, 0) is 9.59 Å². The molecule has 0 radical (unpaired) electrons. The molecule has 2 aromatic rings. The number of hydrogen-bond acceptors (Lipinski definition) is 7. The molecule has 0 fully saturated rings. The molecule has 0 bridgehead atoms. The SMILES string of the molecule is CNC(=O)/C(=C/c1ccnc(Nc2cccc(OC)c2)n1)SC=O. The van der Waals surface area contributed by atoms with Gasteiger partial charge in [0.1, 0.15) is 5.75 Å². The van der Waals surface area contributed by atoms with Crippen LogP contribution in [0, 0.1) is 0 Å². The lowest BCUT2D eigenvalue weighted by molar-refractivity contribution is -0.116. The van der Waals surface area contributed by atoms with Crippen molar-refractivity contribution in [2.75, 3.05) is 19.5 Å². The van der Waals surface area contributed by atoms with E-state index in [0.717, 1.165) is 17.4 Å². The number of methoxy groups -OCH3 is 1. The Morgan fingerprint density at radius 3 is 2.88 bits per heavy atom. The number of aromatic nitrogens is 2. The first kappa shape index (κ1) is 17.5. The van der Waals surface area contributed by atoms with Crippen LogP contribution in [0.2, 0.25) is 0 Å². The Morgan fingerprint density at radius 1 is 1.33 bits per heavy atom. The summed E-state index contributed by atoms with van der Waals surface area (Å²) in [5.41, 5.74) is 1.87. The molecule has 0 aliphatic carbocycles. The first-order chi connectivity index (χ1) is 11.7. The van der Waals surface area contributed by atoms with Crippen LogP contribution in [0.4, 0.5) is 11.6 Å². The van der Waals surface area contributed by atoms with E-state index >= 15 is 0 Å². The summed E-state index contributed by atoms with van der Waals surface area (Å²) in [6.07, 6.45) is 3.09. The number of rotatable bonds is 7. The molecule has 2 N–H and O–H groups in total. The average molecular weight is 344 g/mol. The monoisotopic (exact) mass is 344 g/mol. The molecule has 0 saturated heterocycles. The van der Waals surface area contributed by atoms with Crippen molar-refractivity contribution < 1.29 is 14.3 Å². The minimum atomic E-state index is -0.354. The highest BCUT2D eigenvalue weighted by Gasteiger charge is 2.09. The van der Waals surface area contributed by atoms with Crippen molar-refractivity contribution in [2.45, 2.75) is 0 Å². The van der Waals surface area contributed by atoms with Crippen LogP contribution in [0.25, 0.3) is 6.08 Å². The molecule has 0 unspecified atom stereocenters. The van der Waals surface area contributed by atoms with Gasteiger partial charge in [0.15, 0.2) is 5.62 Å². The number of benzene rings is 1. The Morgan fingerprint density at radius 2 is 2.17 bits per heavy atom. The lowest BCUT2D eigenvalue weighted by Crippen LogP contribution is -2.18. The topological polar surface area (TPSA) is 93.2 Å². The summed E-state index contributed by atoms with van der Waals surface area (Å²) in [5, 5.41) is 5.54. The van der Waals surface area contributed by atoms with Crippen LogP contribution in [-0.4, -0.2) is 35.7 Å². The molecule has 124 valence electrons. The van der Waals surface area contributed by atoms with Gasteiger partial charge in [-0.2, -0.15) is 0 Å². The van der Waals surface area contributed by atoms with Crippen LogP contribution in [0.15, 0.2) is 41.4 Å². The van der Waals surface area contributed by atoms with Crippen molar-refractivity contribution >= 4 is 41.0 Å². The highest BCUT2D eigenvalue weighted by Crippen LogP contribution is 2.20. The predicted octanol–water partition coefficient (Wildman–Crippen LogP) is 2.24. The van der Waals surface area contributed by atoms with Crippen LogP contribution in [0.1, 0.15) is 5.69 Å². The molecule has 1 amide bonds. The third-order valence-corrected chi connectivity index (χ3v) is 3.56. The van der Waals surface area contributed by atoms with Gasteiger partial charge in [-0.3, -0.25) is 9.59 Å². The molecule has 0 spiro atoms. The molecule has 7 nitrogen and oxygen atoms in total. The van der Waals surface area contributed by atoms with E-state index < -0.39 is 0 Å². The minimum absolute atomic E-state index is 0.249. The molecular formula is C16H16N4O3S. The zero-order valence-electron chi connectivity index (χ0n) is 13.1. The van der Waals surface area contributed by atoms with E-state index in [-0.39, 0.29) is 10.8 Å². The maximum Gasteiger partial charge on any atom is 0.257 e. The second-order valence-corrected chi connectivity index (χ2v) is 5.33. The number of thioether (sulfide) groups is 1. The second kappa shape index (κ2) is 8.68. The zero-order chi connectivity index (χ0) is 17.4. The largest absolute Gasteiger partial charge is 0.497 e. The van der Waals surface area contributed by atoms with Gasteiger partial charge in [-0.15, -0.1) is 0 Å². The van der Waals surface area contributed by atoms with Crippen molar-refractivity contribution in [3.05, 3.63) is 47.1 Å². The van der Waals surface area contributed by atoms with Crippen molar-refractivity contribution in [3.63, 3.8) is 0 Å². The molecular weight excluding hydrogens is 328 g/mol. The number of carbonyl (C=O) groups excluding carboxylic acids is 2. The number of hydrogen-bond donors (Lipinski definition) is 2. The van der Waals surface area contributed by atoms with Gasteiger partial charge in [0.2, 0.25) is 5.95 Å². The molecule has 1 aromatic heterocycles. The van der Waals surface area contributed by atoms with Crippen LogP contribution < -0.4 is 15.4 Å². The summed E-state index contributed by atoms with van der Waals surface area (Å²) in [7, 11) is 3.09. The van der Waals surface area contributed by atoms with E-state index in [1.165, 1.54) is 13.1 Å². The quantitative estimate of drug-likeness (QED) is 0.588. The van der Waals surface area contributed by atoms with E-state index in [2.05, 4.69) is 20.6 Å². The fourth-order valence-electron chi connectivity index (χ4n) is 1.81. The number of nitrogens with zero attached hydrogens (tertiary/aromatic N) is 2. The van der Waals surface area contributed by atoms with E-state index in [1.54, 1.807) is 19.4 Å². The average Bonchev–Trinajstić information content (AvgIpc) is 2.61. The number of nitrogens with one attached hydrogen (secondary N) is 2. The van der Waals surface area contributed by atoms with Gasteiger partial charge in [-0.1, -0.05) is 6.07 Å². The smallest absolute Gasteiger partial charge is 0.257 e. The lowest BCUT2D eigenvalue weighted by Gasteiger charge is -2.07. The molecule has 0 aliphatic rings. The fourth-order valence-corrected chi connectivity index (χ4v) is 2.31. The minimum Gasteiger partial charge on any atom is -0.497 e. The van der Waals surface area contributed by atoms with Crippen LogP contribution in [0.3, 0.4) is 0 Å². The van der Waals surface area contributed by atoms with E-state index in [0.29, 0.717) is 23.0 Å². The first-order valence-electron chi connectivity index (χ1n) is 6.94. The van der Waals surface area contributed by atoms with Gasteiger partial charge in [-0.05, 0) is 36.0 Å². The molecule has 0 saturated carbocycles. The van der Waals surface area contributed by atoms with E-state index in [1.807, 2.05) is 24.3 Å². The number of anilines is 2. The van der Waals surface area contributed by atoms with Crippen LogP contribution in [0.5, 0.6) is 5.75 Å². The molecule has 0 aliphatic heterocycles. The first-order valence-corrected chi connectivity index (χ1v) is 7.82. The summed E-state index contributed by atoms with van der Waals surface area (Å²) in [6.45, 7) is 0.